The summed E-state index contributed by atoms with van der Waals surface area (Å²) in [5.74, 6) is 0.0761. The Morgan fingerprint density at radius 3 is 2.90 bits per heavy atom. The zero-order chi connectivity index (χ0) is 14.0. The van der Waals surface area contributed by atoms with Gasteiger partial charge in [-0.05, 0) is 30.5 Å². The first kappa shape index (κ1) is 13.2. The molecule has 0 bridgehead atoms. The molecular formula is C15H16ClN3O. The van der Waals surface area contributed by atoms with Gasteiger partial charge in [-0.2, -0.15) is 5.10 Å². The lowest BCUT2D eigenvalue weighted by molar-refractivity contribution is -0.130. The summed E-state index contributed by atoms with van der Waals surface area (Å²) >= 11 is 6.05. The van der Waals surface area contributed by atoms with Gasteiger partial charge in [0, 0.05) is 23.3 Å². The molecule has 0 aliphatic heterocycles. The summed E-state index contributed by atoms with van der Waals surface area (Å²) in [5.41, 5.74) is 1.58. The van der Waals surface area contributed by atoms with Crippen molar-refractivity contribution in [3.05, 3.63) is 52.8 Å². The summed E-state index contributed by atoms with van der Waals surface area (Å²) in [4.78, 5) is 12.6. The highest BCUT2D eigenvalue weighted by Crippen LogP contribution is 2.44. The smallest absolute Gasteiger partial charge is 0.230 e. The third-order valence-corrected chi connectivity index (χ3v) is 4.26. The molecule has 2 aromatic rings. The molecule has 1 heterocycles. The van der Waals surface area contributed by atoms with Crippen molar-refractivity contribution in [3.63, 3.8) is 0 Å². The van der Waals surface area contributed by atoms with Gasteiger partial charge in [-0.3, -0.25) is 9.89 Å². The van der Waals surface area contributed by atoms with Gasteiger partial charge in [-0.25, -0.2) is 0 Å². The highest BCUT2D eigenvalue weighted by Gasteiger charge is 2.45. The second-order valence-electron chi connectivity index (χ2n) is 5.24. The number of nitrogens with zero attached hydrogens (tertiary/aromatic N) is 1. The number of benzene rings is 1. The first-order valence-corrected chi connectivity index (χ1v) is 7.10. The molecule has 1 aromatic carbocycles. The van der Waals surface area contributed by atoms with Gasteiger partial charge < -0.3 is 5.32 Å². The van der Waals surface area contributed by atoms with Crippen molar-refractivity contribution in [2.45, 2.75) is 31.2 Å². The SMILES string of the molecule is O=C(NCc1cn[nH]c1)C1(c2cccc(Cl)c2)CCC1. The minimum absolute atomic E-state index is 0.0761. The Bertz CT molecular complexity index is 605. The number of aromatic amines is 1. The molecule has 0 saturated heterocycles. The molecule has 1 aliphatic rings. The van der Waals surface area contributed by atoms with Crippen LogP contribution in [0, 0.1) is 0 Å². The van der Waals surface area contributed by atoms with Crippen molar-refractivity contribution in [3.8, 4) is 0 Å². The van der Waals surface area contributed by atoms with E-state index in [1.54, 1.807) is 12.4 Å². The van der Waals surface area contributed by atoms with Crippen LogP contribution in [0.25, 0.3) is 0 Å². The molecular weight excluding hydrogens is 274 g/mol. The third kappa shape index (κ3) is 2.31. The van der Waals surface area contributed by atoms with E-state index < -0.39 is 5.41 Å². The van der Waals surface area contributed by atoms with Crippen LogP contribution in [0.4, 0.5) is 0 Å². The molecule has 1 saturated carbocycles. The second-order valence-corrected chi connectivity index (χ2v) is 5.67. The standard InChI is InChI=1S/C15H16ClN3O/c16-13-4-1-3-12(7-13)15(5-2-6-15)14(20)17-8-11-9-18-19-10-11/h1,3-4,7,9-10H,2,5-6,8H2,(H,17,20)(H,18,19). The van der Waals surface area contributed by atoms with Gasteiger partial charge >= 0.3 is 0 Å². The van der Waals surface area contributed by atoms with E-state index in [2.05, 4.69) is 15.5 Å². The van der Waals surface area contributed by atoms with Crippen LogP contribution < -0.4 is 5.32 Å². The van der Waals surface area contributed by atoms with Crippen LogP contribution in [-0.4, -0.2) is 16.1 Å². The van der Waals surface area contributed by atoms with Crippen molar-refractivity contribution in [2.24, 2.45) is 0 Å². The molecule has 1 amide bonds. The number of amides is 1. The van der Waals surface area contributed by atoms with E-state index in [9.17, 15) is 4.79 Å². The first-order chi connectivity index (χ1) is 9.71. The highest BCUT2D eigenvalue weighted by atomic mass is 35.5. The average molecular weight is 290 g/mol. The number of rotatable bonds is 4. The zero-order valence-electron chi connectivity index (χ0n) is 11.0. The number of hydrogen-bond donors (Lipinski definition) is 2. The Hall–Kier alpha value is -1.81. The molecule has 20 heavy (non-hydrogen) atoms. The van der Waals surface area contributed by atoms with E-state index >= 15 is 0 Å². The summed E-state index contributed by atoms with van der Waals surface area (Å²) in [7, 11) is 0. The molecule has 0 unspecified atom stereocenters. The topological polar surface area (TPSA) is 57.8 Å². The van der Waals surface area contributed by atoms with Gasteiger partial charge in [0.2, 0.25) is 5.91 Å². The Balaban J connectivity index is 1.76. The van der Waals surface area contributed by atoms with Crippen LogP contribution in [0.3, 0.4) is 0 Å². The molecule has 0 spiro atoms. The number of carbonyl (C=O) groups is 1. The lowest BCUT2D eigenvalue weighted by Gasteiger charge is -2.40. The molecule has 2 N–H and O–H groups in total. The van der Waals surface area contributed by atoms with Crippen LogP contribution in [0.2, 0.25) is 5.02 Å². The molecule has 1 aliphatic carbocycles. The summed E-state index contributed by atoms with van der Waals surface area (Å²) in [6, 6.07) is 7.63. The van der Waals surface area contributed by atoms with Crippen LogP contribution in [0.1, 0.15) is 30.4 Å². The molecule has 3 rings (SSSR count). The predicted octanol–water partition coefficient (Wildman–Crippen LogP) is 2.80. The third-order valence-electron chi connectivity index (χ3n) is 4.03. The average Bonchev–Trinajstić information content (AvgIpc) is 2.88. The van der Waals surface area contributed by atoms with Crippen LogP contribution in [0.15, 0.2) is 36.7 Å². The number of halogens is 1. The second kappa shape index (κ2) is 5.29. The van der Waals surface area contributed by atoms with E-state index in [0.717, 1.165) is 30.4 Å². The van der Waals surface area contributed by atoms with Crippen LogP contribution in [-0.2, 0) is 16.8 Å². The molecule has 5 heteroatoms. The quantitative estimate of drug-likeness (QED) is 0.909. The van der Waals surface area contributed by atoms with Crippen LogP contribution in [0.5, 0.6) is 0 Å². The minimum Gasteiger partial charge on any atom is -0.351 e. The molecule has 104 valence electrons. The lowest BCUT2D eigenvalue weighted by atomic mass is 9.64. The van der Waals surface area contributed by atoms with Crippen molar-refractivity contribution in [1.29, 1.82) is 0 Å². The fourth-order valence-corrected chi connectivity index (χ4v) is 2.88. The maximum atomic E-state index is 12.6. The van der Waals surface area contributed by atoms with E-state index in [-0.39, 0.29) is 5.91 Å². The number of H-pyrrole nitrogens is 1. The van der Waals surface area contributed by atoms with Gasteiger partial charge in [0.25, 0.3) is 0 Å². The van der Waals surface area contributed by atoms with E-state index in [0.29, 0.717) is 11.6 Å². The maximum absolute atomic E-state index is 12.6. The number of hydrogen-bond acceptors (Lipinski definition) is 2. The molecule has 1 fully saturated rings. The van der Waals surface area contributed by atoms with Gasteiger partial charge in [0.1, 0.15) is 0 Å². The molecule has 0 atom stereocenters. The minimum atomic E-state index is -0.408. The predicted molar refractivity (Wildman–Crippen MR) is 77.4 cm³/mol. The largest absolute Gasteiger partial charge is 0.351 e. The van der Waals surface area contributed by atoms with Gasteiger partial charge in [0.05, 0.1) is 11.6 Å². The van der Waals surface area contributed by atoms with Crippen molar-refractivity contribution in [2.75, 3.05) is 0 Å². The Morgan fingerprint density at radius 2 is 2.30 bits per heavy atom. The number of nitrogens with one attached hydrogen (secondary N) is 2. The Labute approximate surface area is 122 Å². The van der Waals surface area contributed by atoms with Crippen LogP contribution >= 0.6 is 11.6 Å². The van der Waals surface area contributed by atoms with Crippen molar-refractivity contribution < 1.29 is 4.79 Å². The summed E-state index contributed by atoms with van der Waals surface area (Å²) in [6.45, 7) is 0.498. The zero-order valence-corrected chi connectivity index (χ0v) is 11.8. The Kier molecular flexibility index (Phi) is 3.49. The van der Waals surface area contributed by atoms with Gasteiger partial charge in [-0.15, -0.1) is 0 Å². The lowest BCUT2D eigenvalue weighted by Crippen LogP contribution is -2.48. The molecule has 0 radical (unpaired) electrons. The first-order valence-electron chi connectivity index (χ1n) is 6.73. The highest BCUT2D eigenvalue weighted by molar-refractivity contribution is 6.30. The normalized spacial score (nSPS) is 16.4. The summed E-state index contributed by atoms with van der Waals surface area (Å²) < 4.78 is 0. The summed E-state index contributed by atoms with van der Waals surface area (Å²) in [6.07, 6.45) is 6.33. The monoisotopic (exact) mass is 289 g/mol. The summed E-state index contributed by atoms with van der Waals surface area (Å²) in [5, 5.41) is 10.3. The fraction of sp³-hybridized carbons (Fsp3) is 0.333. The van der Waals surface area contributed by atoms with Crippen molar-refractivity contribution in [1.82, 2.24) is 15.5 Å². The number of carbonyl (C=O) groups excluding carboxylic acids is 1. The van der Waals surface area contributed by atoms with E-state index in [1.807, 2.05) is 24.3 Å². The van der Waals surface area contributed by atoms with Gasteiger partial charge in [-0.1, -0.05) is 30.2 Å². The molecule has 4 nitrogen and oxygen atoms in total. The van der Waals surface area contributed by atoms with Crippen molar-refractivity contribution >= 4 is 17.5 Å². The fourth-order valence-electron chi connectivity index (χ4n) is 2.69. The maximum Gasteiger partial charge on any atom is 0.230 e. The Morgan fingerprint density at radius 1 is 1.45 bits per heavy atom. The molecule has 1 aromatic heterocycles. The van der Waals surface area contributed by atoms with E-state index in [4.69, 9.17) is 11.6 Å². The van der Waals surface area contributed by atoms with E-state index in [1.165, 1.54) is 0 Å². The number of aromatic nitrogens is 2. The van der Waals surface area contributed by atoms with Gasteiger partial charge in [0.15, 0.2) is 0 Å².